The van der Waals surface area contributed by atoms with Gasteiger partial charge in [-0.25, -0.2) is 4.98 Å². The van der Waals surface area contributed by atoms with Crippen LogP contribution in [0.15, 0.2) is 42.9 Å². The highest BCUT2D eigenvalue weighted by Gasteiger charge is 2.26. The zero-order valence-electron chi connectivity index (χ0n) is 15.4. The van der Waals surface area contributed by atoms with E-state index < -0.39 is 0 Å². The van der Waals surface area contributed by atoms with Crippen molar-refractivity contribution in [3.8, 4) is 0 Å². The lowest BCUT2D eigenvalue weighted by Crippen LogP contribution is -2.38. The highest BCUT2D eigenvalue weighted by molar-refractivity contribution is 5.93. The number of carbonyl (C=O) groups excluding carboxylic acids is 1. The molecule has 2 N–H and O–H groups in total. The monoisotopic (exact) mass is 411 g/mol. The molecule has 2 aromatic rings. The van der Waals surface area contributed by atoms with Crippen LogP contribution < -0.4 is 15.5 Å². The quantitative estimate of drug-likeness (QED) is 0.762. The largest absolute Gasteiger partial charge is 0.355 e. The van der Waals surface area contributed by atoms with Gasteiger partial charge in [-0.1, -0.05) is 25.1 Å². The maximum absolute atomic E-state index is 12.7. The third-order valence-electron chi connectivity index (χ3n) is 4.58. The number of amides is 1. The van der Waals surface area contributed by atoms with Crippen LogP contribution in [0.1, 0.15) is 25.3 Å². The molecule has 2 heterocycles. The number of nitrogens with one attached hydrogen (secondary N) is 2. The molecule has 1 fully saturated rings. The van der Waals surface area contributed by atoms with Gasteiger partial charge in [0.15, 0.2) is 0 Å². The average Bonchev–Trinajstić information content (AvgIpc) is 2.68. The summed E-state index contributed by atoms with van der Waals surface area (Å²) in [6.07, 6.45) is 6.82. The van der Waals surface area contributed by atoms with Crippen LogP contribution in [0.3, 0.4) is 0 Å². The van der Waals surface area contributed by atoms with Crippen molar-refractivity contribution in [1.29, 1.82) is 0 Å². The number of halogens is 2. The van der Waals surface area contributed by atoms with E-state index in [1.54, 1.807) is 18.6 Å². The molecule has 0 radical (unpaired) electrons. The molecule has 1 aromatic heterocycles. The zero-order chi connectivity index (χ0) is 17.5. The van der Waals surface area contributed by atoms with Crippen molar-refractivity contribution in [2.75, 3.05) is 29.9 Å². The number of hydrogen-bond acceptors (Lipinski definition) is 5. The Balaban J connectivity index is 0.00000182. The number of nitrogens with zero attached hydrogens (tertiary/aromatic N) is 3. The average molecular weight is 412 g/mol. The first-order valence-electron chi connectivity index (χ1n) is 8.88. The summed E-state index contributed by atoms with van der Waals surface area (Å²) >= 11 is 0. The maximum Gasteiger partial charge on any atom is 0.227 e. The molecule has 8 heteroatoms. The molecule has 1 aliphatic rings. The normalized spacial score (nSPS) is 14.0. The lowest BCUT2D eigenvalue weighted by atomic mass is 9.95. The van der Waals surface area contributed by atoms with Crippen LogP contribution in [-0.4, -0.2) is 35.5 Å². The van der Waals surface area contributed by atoms with E-state index in [9.17, 15) is 4.79 Å². The van der Waals surface area contributed by atoms with Gasteiger partial charge in [0.05, 0.1) is 6.20 Å². The lowest BCUT2D eigenvalue weighted by molar-refractivity contribution is -0.120. The lowest BCUT2D eigenvalue weighted by Gasteiger charge is -2.32. The second-order valence-corrected chi connectivity index (χ2v) is 6.25. The van der Waals surface area contributed by atoms with Gasteiger partial charge in [0.1, 0.15) is 5.82 Å². The first kappa shape index (κ1) is 23.1. The summed E-state index contributed by atoms with van der Waals surface area (Å²) in [4.78, 5) is 23.3. The number of benzene rings is 1. The van der Waals surface area contributed by atoms with Crippen LogP contribution in [-0.2, 0) is 11.3 Å². The number of piperidine rings is 1. The summed E-state index contributed by atoms with van der Waals surface area (Å²) in [7, 11) is 0. The molecule has 0 aliphatic carbocycles. The van der Waals surface area contributed by atoms with Crippen molar-refractivity contribution in [1.82, 2.24) is 15.3 Å². The summed E-state index contributed by atoms with van der Waals surface area (Å²) in [5.41, 5.74) is 2.03. The minimum atomic E-state index is 0. The Kier molecular flexibility index (Phi) is 10.1. The number of carbonyl (C=O) groups is 1. The number of para-hydroxylation sites is 1. The van der Waals surface area contributed by atoms with Gasteiger partial charge in [-0.15, -0.1) is 24.8 Å². The predicted molar refractivity (Wildman–Crippen MR) is 114 cm³/mol. The van der Waals surface area contributed by atoms with Crippen molar-refractivity contribution < 1.29 is 4.79 Å². The van der Waals surface area contributed by atoms with E-state index >= 15 is 0 Å². The molecule has 148 valence electrons. The van der Waals surface area contributed by atoms with Crippen LogP contribution in [0.5, 0.6) is 0 Å². The standard InChI is InChI=1S/C19H25N5O.2ClH/c1-2-20-13-16-5-3-4-6-17(16)23-19(25)15-7-11-24(12-8-15)18-14-21-9-10-22-18;;/h3-6,9-10,14-15,20H,2,7-8,11-13H2,1H3,(H,23,25);2*1H. The summed E-state index contributed by atoms with van der Waals surface area (Å²) < 4.78 is 0. The van der Waals surface area contributed by atoms with Crippen molar-refractivity contribution in [3.05, 3.63) is 48.4 Å². The molecule has 1 saturated heterocycles. The highest BCUT2D eigenvalue weighted by atomic mass is 35.5. The van der Waals surface area contributed by atoms with Gasteiger partial charge < -0.3 is 15.5 Å². The van der Waals surface area contributed by atoms with Crippen LogP contribution in [0.25, 0.3) is 0 Å². The van der Waals surface area contributed by atoms with Gasteiger partial charge in [0, 0.05) is 43.6 Å². The van der Waals surface area contributed by atoms with Gasteiger partial charge in [-0.3, -0.25) is 9.78 Å². The van der Waals surface area contributed by atoms with Crippen LogP contribution in [0.2, 0.25) is 0 Å². The van der Waals surface area contributed by atoms with E-state index in [-0.39, 0.29) is 36.6 Å². The van der Waals surface area contributed by atoms with E-state index in [1.165, 1.54) is 0 Å². The molecule has 1 amide bonds. The topological polar surface area (TPSA) is 70.2 Å². The van der Waals surface area contributed by atoms with Gasteiger partial charge >= 0.3 is 0 Å². The first-order chi connectivity index (χ1) is 12.3. The summed E-state index contributed by atoms with van der Waals surface area (Å²) in [6, 6.07) is 7.98. The van der Waals surface area contributed by atoms with Crippen LogP contribution >= 0.6 is 24.8 Å². The van der Waals surface area contributed by atoms with Crippen molar-refractivity contribution in [3.63, 3.8) is 0 Å². The molecular weight excluding hydrogens is 385 g/mol. The number of rotatable bonds is 6. The smallest absolute Gasteiger partial charge is 0.227 e. The minimum Gasteiger partial charge on any atom is -0.355 e. The van der Waals surface area contributed by atoms with E-state index in [1.807, 2.05) is 18.2 Å². The Morgan fingerprint density at radius 3 is 2.59 bits per heavy atom. The third kappa shape index (κ3) is 6.34. The Hall–Kier alpha value is -1.89. The summed E-state index contributed by atoms with van der Waals surface area (Å²) in [5, 5.41) is 6.43. The molecule has 6 nitrogen and oxygen atoms in total. The molecule has 3 rings (SSSR count). The fourth-order valence-electron chi connectivity index (χ4n) is 3.12. The Morgan fingerprint density at radius 2 is 1.93 bits per heavy atom. The van der Waals surface area contributed by atoms with Gasteiger partial charge in [0.25, 0.3) is 0 Å². The second-order valence-electron chi connectivity index (χ2n) is 6.25. The molecule has 0 atom stereocenters. The molecule has 0 spiro atoms. The second kappa shape index (κ2) is 11.7. The van der Waals surface area contributed by atoms with Crippen molar-refractivity contribution >= 4 is 42.2 Å². The Labute approximate surface area is 173 Å². The fraction of sp³-hybridized carbons (Fsp3) is 0.421. The summed E-state index contributed by atoms with van der Waals surface area (Å²) in [6.45, 7) is 5.40. The Bertz CT molecular complexity index is 694. The van der Waals surface area contributed by atoms with E-state index in [4.69, 9.17) is 0 Å². The first-order valence-corrected chi connectivity index (χ1v) is 8.88. The minimum absolute atomic E-state index is 0. The van der Waals surface area contributed by atoms with Crippen LogP contribution in [0, 0.1) is 5.92 Å². The van der Waals surface area contributed by atoms with Gasteiger partial charge in [-0.2, -0.15) is 0 Å². The fourth-order valence-corrected chi connectivity index (χ4v) is 3.12. The number of hydrogen-bond donors (Lipinski definition) is 2. The molecular formula is C19H27Cl2N5O. The molecule has 0 unspecified atom stereocenters. The third-order valence-corrected chi connectivity index (χ3v) is 4.58. The molecule has 27 heavy (non-hydrogen) atoms. The molecule has 0 bridgehead atoms. The SMILES string of the molecule is CCNCc1ccccc1NC(=O)C1CCN(c2cnccn2)CC1.Cl.Cl. The predicted octanol–water partition coefficient (Wildman–Crippen LogP) is 3.28. The number of anilines is 2. The van der Waals surface area contributed by atoms with E-state index in [0.717, 1.165) is 56.1 Å². The molecule has 1 aromatic carbocycles. The molecule has 0 saturated carbocycles. The van der Waals surface area contributed by atoms with Crippen molar-refractivity contribution in [2.24, 2.45) is 5.92 Å². The van der Waals surface area contributed by atoms with Gasteiger partial charge in [0.2, 0.25) is 5.91 Å². The van der Waals surface area contributed by atoms with E-state index in [2.05, 4.69) is 38.5 Å². The molecule has 1 aliphatic heterocycles. The number of aromatic nitrogens is 2. The van der Waals surface area contributed by atoms with Crippen LogP contribution in [0.4, 0.5) is 11.5 Å². The zero-order valence-corrected chi connectivity index (χ0v) is 17.1. The van der Waals surface area contributed by atoms with Crippen molar-refractivity contribution in [2.45, 2.75) is 26.3 Å². The van der Waals surface area contributed by atoms with Gasteiger partial charge in [-0.05, 0) is 31.0 Å². The maximum atomic E-state index is 12.7. The summed E-state index contributed by atoms with van der Waals surface area (Å²) in [5.74, 6) is 1.04. The highest BCUT2D eigenvalue weighted by Crippen LogP contribution is 2.23. The van der Waals surface area contributed by atoms with E-state index in [0.29, 0.717) is 0 Å². The Morgan fingerprint density at radius 1 is 1.19 bits per heavy atom.